The summed E-state index contributed by atoms with van der Waals surface area (Å²) in [5.41, 5.74) is 1.61. The number of thioether (sulfide) groups is 1. The minimum Gasteiger partial charge on any atom is -0.326 e. The highest BCUT2D eigenvalue weighted by atomic mass is 32.2. The van der Waals surface area contributed by atoms with Crippen LogP contribution in [0.5, 0.6) is 0 Å². The Labute approximate surface area is 147 Å². The van der Waals surface area contributed by atoms with Crippen molar-refractivity contribution in [1.29, 1.82) is 0 Å². The van der Waals surface area contributed by atoms with Gasteiger partial charge in [-0.25, -0.2) is 0 Å². The van der Waals surface area contributed by atoms with Gasteiger partial charge in [0.1, 0.15) is 0 Å². The number of amides is 1. The molecule has 0 spiro atoms. The molecule has 2 aromatic carbocycles. The Morgan fingerprint density at radius 3 is 2.12 bits per heavy atom. The average molecular weight is 341 g/mol. The van der Waals surface area contributed by atoms with Crippen LogP contribution in [0.25, 0.3) is 0 Å². The van der Waals surface area contributed by atoms with Crippen molar-refractivity contribution < 1.29 is 9.59 Å². The van der Waals surface area contributed by atoms with Gasteiger partial charge in [-0.15, -0.1) is 0 Å². The highest BCUT2D eigenvalue weighted by Crippen LogP contribution is 2.15. The smallest absolute Gasteiger partial charge is 0.224 e. The van der Waals surface area contributed by atoms with Gasteiger partial charge in [-0.1, -0.05) is 73.1 Å². The van der Waals surface area contributed by atoms with Crippen molar-refractivity contribution in [1.82, 2.24) is 0 Å². The second-order valence-electron chi connectivity index (χ2n) is 5.58. The molecule has 0 aromatic heterocycles. The van der Waals surface area contributed by atoms with E-state index in [1.165, 1.54) is 11.8 Å². The molecule has 0 unspecified atom stereocenters. The standard InChI is InChI=1S/C20H23NO2S/c22-19(21-18-13-7-4-8-14-18)15-9-1-2-10-16-24-20(23)17-11-5-3-6-12-17/h3-8,11-14H,1-2,9-10,15-16H2,(H,21,22). The summed E-state index contributed by atoms with van der Waals surface area (Å²) in [7, 11) is 0. The molecule has 0 radical (unpaired) electrons. The molecule has 2 aromatic rings. The van der Waals surface area contributed by atoms with Gasteiger partial charge in [-0.05, 0) is 25.0 Å². The van der Waals surface area contributed by atoms with E-state index in [-0.39, 0.29) is 11.0 Å². The van der Waals surface area contributed by atoms with Crippen LogP contribution < -0.4 is 5.32 Å². The number of carbonyl (C=O) groups excluding carboxylic acids is 2. The number of hydrogen-bond donors (Lipinski definition) is 1. The van der Waals surface area contributed by atoms with Crippen molar-refractivity contribution in [3.63, 3.8) is 0 Å². The Bertz CT molecular complexity index is 629. The molecule has 0 aliphatic heterocycles. The molecule has 4 heteroatoms. The number of rotatable bonds is 9. The molecule has 2 rings (SSSR count). The summed E-state index contributed by atoms with van der Waals surface area (Å²) in [6.07, 6.45) is 4.50. The summed E-state index contributed by atoms with van der Waals surface area (Å²) in [4.78, 5) is 23.7. The fraction of sp³-hybridized carbons (Fsp3) is 0.300. The number of carbonyl (C=O) groups is 2. The maximum atomic E-state index is 11.9. The Morgan fingerprint density at radius 1 is 0.792 bits per heavy atom. The molecule has 0 saturated carbocycles. The molecule has 24 heavy (non-hydrogen) atoms. The lowest BCUT2D eigenvalue weighted by Crippen LogP contribution is -2.10. The summed E-state index contributed by atoms with van der Waals surface area (Å²) >= 11 is 1.38. The second kappa shape index (κ2) is 10.7. The van der Waals surface area contributed by atoms with Gasteiger partial charge in [-0.2, -0.15) is 0 Å². The third-order valence-electron chi connectivity index (χ3n) is 3.60. The average Bonchev–Trinajstić information content (AvgIpc) is 2.62. The van der Waals surface area contributed by atoms with E-state index in [0.717, 1.165) is 42.7 Å². The van der Waals surface area contributed by atoms with Crippen LogP contribution in [-0.4, -0.2) is 16.8 Å². The number of para-hydroxylation sites is 1. The van der Waals surface area contributed by atoms with Gasteiger partial charge in [0.2, 0.25) is 11.0 Å². The van der Waals surface area contributed by atoms with Gasteiger partial charge in [0, 0.05) is 23.4 Å². The molecule has 1 N–H and O–H groups in total. The van der Waals surface area contributed by atoms with E-state index in [0.29, 0.717) is 6.42 Å². The minimum absolute atomic E-state index is 0.0647. The highest BCUT2D eigenvalue weighted by molar-refractivity contribution is 8.14. The number of unbranched alkanes of at least 4 members (excludes halogenated alkanes) is 3. The van der Waals surface area contributed by atoms with Crippen molar-refractivity contribution in [2.24, 2.45) is 0 Å². The van der Waals surface area contributed by atoms with Crippen LogP contribution >= 0.6 is 11.8 Å². The van der Waals surface area contributed by atoms with Crippen molar-refractivity contribution in [2.75, 3.05) is 11.1 Å². The predicted molar refractivity (Wildman–Crippen MR) is 101 cm³/mol. The first-order valence-electron chi connectivity index (χ1n) is 8.33. The zero-order valence-electron chi connectivity index (χ0n) is 13.7. The summed E-state index contributed by atoms with van der Waals surface area (Å²) < 4.78 is 0. The molecule has 0 atom stereocenters. The lowest BCUT2D eigenvalue weighted by atomic mass is 10.1. The number of hydrogen-bond acceptors (Lipinski definition) is 3. The molecular formula is C20H23NO2S. The van der Waals surface area contributed by atoms with E-state index in [1.807, 2.05) is 60.7 Å². The first kappa shape index (κ1) is 18.3. The highest BCUT2D eigenvalue weighted by Gasteiger charge is 2.05. The molecular weight excluding hydrogens is 318 g/mol. The van der Waals surface area contributed by atoms with Gasteiger partial charge in [-0.3, -0.25) is 9.59 Å². The van der Waals surface area contributed by atoms with Crippen LogP contribution in [0.1, 0.15) is 42.5 Å². The van der Waals surface area contributed by atoms with E-state index in [1.54, 1.807) is 0 Å². The predicted octanol–water partition coefficient (Wildman–Crippen LogP) is 5.15. The van der Waals surface area contributed by atoms with Crippen LogP contribution in [-0.2, 0) is 4.79 Å². The normalized spacial score (nSPS) is 10.3. The van der Waals surface area contributed by atoms with Gasteiger partial charge in [0.15, 0.2) is 0 Å². The number of nitrogens with one attached hydrogen (secondary N) is 1. The Morgan fingerprint density at radius 2 is 1.42 bits per heavy atom. The molecule has 0 fully saturated rings. The quantitative estimate of drug-likeness (QED) is 0.642. The minimum atomic E-state index is 0.0647. The molecule has 1 amide bonds. The van der Waals surface area contributed by atoms with Crippen molar-refractivity contribution in [3.8, 4) is 0 Å². The van der Waals surface area contributed by atoms with Gasteiger partial charge < -0.3 is 5.32 Å². The third kappa shape index (κ3) is 7.01. The molecule has 3 nitrogen and oxygen atoms in total. The first-order chi connectivity index (χ1) is 11.8. The SMILES string of the molecule is O=C(CCCCCCSC(=O)c1ccccc1)Nc1ccccc1. The van der Waals surface area contributed by atoms with Crippen LogP contribution in [0.15, 0.2) is 60.7 Å². The number of anilines is 1. The van der Waals surface area contributed by atoms with E-state index in [4.69, 9.17) is 0 Å². The van der Waals surface area contributed by atoms with Gasteiger partial charge >= 0.3 is 0 Å². The molecule has 0 aliphatic carbocycles. The van der Waals surface area contributed by atoms with Gasteiger partial charge in [0.25, 0.3) is 0 Å². The van der Waals surface area contributed by atoms with Crippen molar-refractivity contribution in [3.05, 3.63) is 66.2 Å². The Hall–Kier alpha value is -2.07. The maximum absolute atomic E-state index is 11.9. The zero-order valence-corrected chi connectivity index (χ0v) is 14.6. The summed E-state index contributed by atoms with van der Waals surface area (Å²) in [6, 6.07) is 18.9. The molecule has 126 valence electrons. The lowest BCUT2D eigenvalue weighted by Gasteiger charge is -2.05. The fourth-order valence-corrected chi connectivity index (χ4v) is 3.15. The molecule has 0 aliphatic rings. The largest absolute Gasteiger partial charge is 0.326 e. The van der Waals surface area contributed by atoms with Crippen LogP contribution in [0.4, 0.5) is 5.69 Å². The zero-order chi connectivity index (χ0) is 17.0. The van der Waals surface area contributed by atoms with Crippen molar-refractivity contribution >= 4 is 28.5 Å². The third-order valence-corrected chi connectivity index (χ3v) is 4.59. The molecule has 0 heterocycles. The first-order valence-corrected chi connectivity index (χ1v) is 9.31. The fourth-order valence-electron chi connectivity index (χ4n) is 2.31. The molecule has 0 saturated heterocycles. The number of benzene rings is 2. The topological polar surface area (TPSA) is 46.2 Å². The van der Waals surface area contributed by atoms with E-state index < -0.39 is 0 Å². The lowest BCUT2D eigenvalue weighted by molar-refractivity contribution is -0.116. The van der Waals surface area contributed by atoms with Crippen LogP contribution in [0.3, 0.4) is 0 Å². The second-order valence-corrected chi connectivity index (χ2v) is 6.65. The molecule has 0 bridgehead atoms. The van der Waals surface area contributed by atoms with Crippen molar-refractivity contribution in [2.45, 2.75) is 32.1 Å². The summed E-state index contributed by atoms with van der Waals surface area (Å²) in [6.45, 7) is 0. The summed E-state index contributed by atoms with van der Waals surface area (Å²) in [5, 5.41) is 3.03. The Balaban J connectivity index is 1.49. The van der Waals surface area contributed by atoms with Crippen LogP contribution in [0.2, 0.25) is 0 Å². The monoisotopic (exact) mass is 341 g/mol. The Kier molecular flexibility index (Phi) is 8.11. The van der Waals surface area contributed by atoms with E-state index in [9.17, 15) is 9.59 Å². The van der Waals surface area contributed by atoms with E-state index in [2.05, 4.69) is 5.32 Å². The summed E-state index contributed by atoms with van der Waals surface area (Å²) in [5.74, 6) is 0.902. The van der Waals surface area contributed by atoms with E-state index >= 15 is 0 Å². The van der Waals surface area contributed by atoms with Gasteiger partial charge in [0.05, 0.1) is 0 Å². The maximum Gasteiger partial charge on any atom is 0.224 e. The van der Waals surface area contributed by atoms with Crippen LogP contribution in [0, 0.1) is 0 Å².